The standard InChI is InChI=1S/C20H12N6OS/c1-22-16-6-5-15(28-16)12-7-11(10-3-2-4-14-13(10)8-25-26-14)18(21)17-19(12)23-9-24-20(17)27/h2-9H,21H2,(H,25,26)(H,23,24,27). The molecule has 0 aliphatic heterocycles. The first-order valence-electron chi connectivity index (χ1n) is 8.37. The van der Waals surface area contributed by atoms with Crippen LogP contribution in [0.25, 0.3) is 48.2 Å². The number of nitrogens with one attached hydrogen (secondary N) is 2. The molecule has 28 heavy (non-hydrogen) atoms. The number of hydrogen-bond donors (Lipinski definition) is 3. The highest BCUT2D eigenvalue weighted by Gasteiger charge is 2.18. The zero-order valence-electron chi connectivity index (χ0n) is 14.4. The molecule has 0 unspecified atom stereocenters. The van der Waals surface area contributed by atoms with Gasteiger partial charge in [0.25, 0.3) is 5.56 Å². The van der Waals surface area contributed by atoms with Gasteiger partial charge in [0.05, 0.1) is 41.2 Å². The molecule has 0 saturated heterocycles. The maximum atomic E-state index is 12.6. The summed E-state index contributed by atoms with van der Waals surface area (Å²) < 4.78 is 0. The van der Waals surface area contributed by atoms with Gasteiger partial charge in [-0.15, -0.1) is 0 Å². The van der Waals surface area contributed by atoms with Crippen LogP contribution in [0, 0.1) is 6.57 Å². The van der Waals surface area contributed by atoms with Gasteiger partial charge in [0, 0.05) is 21.4 Å². The van der Waals surface area contributed by atoms with E-state index in [0.29, 0.717) is 21.6 Å². The molecule has 0 spiro atoms. The van der Waals surface area contributed by atoms with Gasteiger partial charge in [0.2, 0.25) is 5.00 Å². The molecule has 7 nitrogen and oxygen atoms in total. The Morgan fingerprint density at radius 3 is 2.86 bits per heavy atom. The third-order valence-corrected chi connectivity index (χ3v) is 5.71. The van der Waals surface area contributed by atoms with Gasteiger partial charge in [-0.3, -0.25) is 9.89 Å². The molecule has 5 rings (SSSR count). The van der Waals surface area contributed by atoms with Crippen LogP contribution in [0.3, 0.4) is 0 Å². The molecule has 5 aromatic rings. The highest BCUT2D eigenvalue weighted by Crippen LogP contribution is 2.42. The zero-order chi connectivity index (χ0) is 19.3. The Labute approximate surface area is 162 Å². The fourth-order valence-corrected chi connectivity index (χ4v) is 4.23. The fourth-order valence-electron chi connectivity index (χ4n) is 3.43. The van der Waals surface area contributed by atoms with Crippen molar-refractivity contribution in [3.05, 3.63) is 70.7 Å². The van der Waals surface area contributed by atoms with Crippen molar-refractivity contribution < 1.29 is 0 Å². The summed E-state index contributed by atoms with van der Waals surface area (Å²) in [6, 6.07) is 11.4. The lowest BCUT2D eigenvalue weighted by Gasteiger charge is -2.13. The van der Waals surface area contributed by atoms with Gasteiger partial charge in [-0.1, -0.05) is 18.2 Å². The van der Waals surface area contributed by atoms with E-state index in [2.05, 4.69) is 25.0 Å². The minimum absolute atomic E-state index is 0.299. The van der Waals surface area contributed by atoms with Crippen molar-refractivity contribution in [1.29, 1.82) is 0 Å². The number of aromatic nitrogens is 4. The number of fused-ring (bicyclic) bond motifs is 2. The van der Waals surface area contributed by atoms with Crippen LogP contribution in [-0.2, 0) is 0 Å². The molecule has 0 radical (unpaired) electrons. The number of nitrogens with zero attached hydrogens (tertiary/aromatic N) is 3. The molecule has 0 aliphatic rings. The Morgan fingerprint density at radius 1 is 1.14 bits per heavy atom. The van der Waals surface area contributed by atoms with E-state index in [4.69, 9.17) is 12.3 Å². The summed E-state index contributed by atoms with van der Waals surface area (Å²) in [7, 11) is 0. The number of nitrogens with two attached hydrogens (primary N) is 1. The Balaban J connectivity index is 1.92. The second kappa shape index (κ2) is 6.04. The number of H-pyrrole nitrogens is 2. The van der Waals surface area contributed by atoms with Gasteiger partial charge in [-0.05, 0) is 23.8 Å². The maximum absolute atomic E-state index is 12.6. The molecule has 0 aliphatic carbocycles. The van der Waals surface area contributed by atoms with Gasteiger partial charge in [0.15, 0.2) is 0 Å². The van der Waals surface area contributed by atoms with Crippen molar-refractivity contribution in [3.63, 3.8) is 0 Å². The SMILES string of the molecule is [C-]#[N+]c1ccc(-c2cc(-c3cccc4[nH]ncc34)c(N)c3c(=O)[nH]cnc23)s1. The summed E-state index contributed by atoms with van der Waals surface area (Å²) in [5.41, 5.74) is 10.3. The van der Waals surface area contributed by atoms with E-state index in [1.807, 2.05) is 30.3 Å². The number of nitrogen functional groups attached to an aromatic ring is 1. The van der Waals surface area contributed by atoms with Crippen LogP contribution in [-0.4, -0.2) is 20.2 Å². The number of thiophene rings is 1. The number of anilines is 1. The molecule has 3 heterocycles. The van der Waals surface area contributed by atoms with Crippen LogP contribution in [0.1, 0.15) is 0 Å². The highest BCUT2D eigenvalue weighted by molar-refractivity contribution is 7.19. The molecular weight excluding hydrogens is 372 g/mol. The zero-order valence-corrected chi connectivity index (χ0v) is 15.2. The monoisotopic (exact) mass is 384 g/mol. The van der Waals surface area contributed by atoms with Gasteiger partial charge in [-0.2, -0.15) is 16.4 Å². The molecule has 0 fully saturated rings. The Kier molecular flexibility index (Phi) is 3.50. The predicted molar refractivity (Wildman–Crippen MR) is 111 cm³/mol. The summed E-state index contributed by atoms with van der Waals surface area (Å²) in [6.07, 6.45) is 3.11. The van der Waals surface area contributed by atoms with Crippen LogP contribution in [0.15, 0.2) is 53.7 Å². The van der Waals surface area contributed by atoms with Crippen molar-refractivity contribution in [2.45, 2.75) is 0 Å². The number of rotatable bonds is 2. The summed E-state index contributed by atoms with van der Waals surface area (Å²) >= 11 is 1.36. The lowest BCUT2D eigenvalue weighted by molar-refractivity contribution is 1.12. The lowest BCUT2D eigenvalue weighted by Crippen LogP contribution is -2.10. The Hall–Kier alpha value is -3.96. The Morgan fingerprint density at radius 2 is 2.04 bits per heavy atom. The van der Waals surface area contributed by atoms with E-state index < -0.39 is 0 Å². The number of benzene rings is 2. The van der Waals surface area contributed by atoms with Crippen LogP contribution < -0.4 is 11.3 Å². The lowest BCUT2D eigenvalue weighted by atomic mass is 9.95. The van der Waals surface area contributed by atoms with E-state index in [9.17, 15) is 4.79 Å². The molecule has 2 aromatic carbocycles. The van der Waals surface area contributed by atoms with E-state index in [0.717, 1.165) is 32.5 Å². The summed E-state index contributed by atoms with van der Waals surface area (Å²) in [4.78, 5) is 23.9. The minimum Gasteiger partial charge on any atom is -0.398 e. The predicted octanol–water partition coefficient (Wildman–Crippen LogP) is 4.33. The highest BCUT2D eigenvalue weighted by atomic mass is 32.1. The van der Waals surface area contributed by atoms with Crippen LogP contribution in [0.4, 0.5) is 10.7 Å². The Bertz CT molecular complexity index is 1470. The molecule has 0 atom stereocenters. The van der Waals surface area contributed by atoms with Gasteiger partial charge >= 0.3 is 0 Å². The molecule has 134 valence electrons. The van der Waals surface area contributed by atoms with Crippen LogP contribution in [0.2, 0.25) is 0 Å². The van der Waals surface area contributed by atoms with E-state index in [1.54, 1.807) is 12.3 Å². The van der Waals surface area contributed by atoms with E-state index >= 15 is 0 Å². The first-order valence-corrected chi connectivity index (χ1v) is 9.19. The molecule has 3 aromatic heterocycles. The minimum atomic E-state index is -0.299. The molecular formula is C20H12N6OS. The van der Waals surface area contributed by atoms with Crippen molar-refractivity contribution >= 4 is 43.8 Å². The second-order valence-corrected chi connectivity index (χ2v) is 7.29. The molecule has 0 amide bonds. The van der Waals surface area contributed by atoms with Gasteiger partial charge in [0.1, 0.15) is 0 Å². The largest absolute Gasteiger partial charge is 0.398 e. The third kappa shape index (κ3) is 2.31. The average Bonchev–Trinajstić information content (AvgIpc) is 3.37. The fraction of sp³-hybridized carbons (Fsp3) is 0. The number of aromatic amines is 2. The molecule has 0 saturated carbocycles. The molecule has 8 heteroatoms. The van der Waals surface area contributed by atoms with Crippen molar-refractivity contribution in [1.82, 2.24) is 20.2 Å². The van der Waals surface area contributed by atoms with Crippen molar-refractivity contribution in [2.24, 2.45) is 0 Å². The van der Waals surface area contributed by atoms with E-state index in [1.165, 1.54) is 17.7 Å². The van der Waals surface area contributed by atoms with Crippen molar-refractivity contribution in [3.8, 4) is 21.6 Å². The summed E-state index contributed by atoms with van der Waals surface area (Å²) in [6.45, 7) is 7.23. The maximum Gasteiger partial charge on any atom is 0.260 e. The second-order valence-electron chi connectivity index (χ2n) is 6.23. The quantitative estimate of drug-likeness (QED) is 0.311. The third-order valence-electron chi connectivity index (χ3n) is 4.70. The number of hydrogen-bond acceptors (Lipinski definition) is 5. The summed E-state index contributed by atoms with van der Waals surface area (Å²) in [5, 5.41) is 8.89. The first-order chi connectivity index (χ1) is 13.7. The summed E-state index contributed by atoms with van der Waals surface area (Å²) in [5.74, 6) is 0. The van der Waals surface area contributed by atoms with Crippen molar-refractivity contribution in [2.75, 3.05) is 5.73 Å². The van der Waals surface area contributed by atoms with Gasteiger partial charge < -0.3 is 10.7 Å². The normalized spacial score (nSPS) is 11.1. The van der Waals surface area contributed by atoms with E-state index in [-0.39, 0.29) is 5.56 Å². The van der Waals surface area contributed by atoms with Crippen LogP contribution in [0.5, 0.6) is 0 Å². The smallest absolute Gasteiger partial charge is 0.260 e. The topological polar surface area (TPSA) is 105 Å². The average molecular weight is 384 g/mol. The first kappa shape index (κ1) is 16.2. The molecule has 0 bridgehead atoms. The van der Waals surface area contributed by atoms with Gasteiger partial charge in [-0.25, -0.2) is 9.83 Å². The van der Waals surface area contributed by atoms with Crippen LogP contribution >= 0.6 is 11.3 Å². The molecule has 4 N–H and O–H groups in total.